The zero-order valence-electron chi connectivity index (χ0n) is 7.10. The summed E-state index contributed by atoms with van der Waals surface area (Å²) in [6, 6.07) is 2.60. The van der Waals surface area contributed by atoms with Crippen molar-refractivity contribution in [1.29, 1.82) is 0 Å². The number of hydrogen-bond acceptors (Lipinski definition) is 1. The van der Waals surface area contributed by atoms with E-state index in [0.29, 0.717) is 0 Å². The SMILES string of the molecule is [CH2-][NH2+]C(=O)c1ccc(C)c(F)c1F. The lowest BCUT2D eigenvalue weighted by molar-refractivity contribution is -0.489. The molecular formula is C9H9F2NO. The fourth-order valence-corrected chi connectivity index (χ4v) is 0.946. The average molecular weight is 185 g/mol. The number of amides is 1. The van der Waals surface area contributed by atoms with Crippen molar-refractivity contribution < 1.29 is 18.9 Å². The highest BCUT2D eigenvalue weighted by Gasteiger charge is 2.16. The maximum Gasteiger partial charge on any atom is 0.319 e. The van der Waals surface area contributed by atoms with Crippen molar-refractivity contribution in [1.82, 2.24) is 0 Å². The van der Waals surface area contributed by atoms with Crippen LogP contribution in [0, 0.1) is 25.6 Å². The predicted molar refractivity (Wildman–Crippen MR) is 42.7 cm³/mol. The van der Waals surface area contributed by atoms with Gasteiger partial charge >= 0.3 is 5.91 Å². The maximum absolute atomic E-state index is 13.1. The Hall–Kier alpha value is -1.29. The predicted octanol–water partition coefficient (Wildman–Crippen LogP) is 0.768. The van der Waals surface area contributed by atoms with E-state index in [1.165, 1.54) is 19.1 Å². The standard InChI is InChI=1S/C9H9F2NO/c1-5-3-4-6(9(13)12-2)8(11)7(5)10/h3-4H,2,12H2,1H3. The number of primary amides is 1. The van der Waals surface area contributed by atoms with Crippen LogP contribution in [0.2, 0.25) is 0 Å². The summed E-state index contributed by atoms with van der Waals surface area (Å²) in [4.78, 5) is 11.0. The Morgan fingerprint density at radius 3 is 2.54 bits per heavy atom. The van der Waals surface area contributed by atoms with Crippen LogP contribution in [0.4, 0.5) is 8.78 Å². The third-order valence-corrected chi connectivity index (χ3v) is 1.73. The molecular weight excluding hydrogens is 176 g/mol. The normalized spacial score (nSPS) is 10.2. The zero-order valence-corrected chi connectivity index (χ0v) is 7.10. The summed E-state index contributed by atoms with van der Waals surface area (Å²) in [5.74, 6) is -2.70. The second-order valence-corrected chi connectivity index (χ2v) is 2.63. The number of nitrogens with two attached hydrogens (primary N) is 1. The number of hydrogen-bond donors (Lipinski definition) is 1. The van der Waals surface area contributed by atoms with Gasteiger partial charge in [-0.05, 0) is 18.6 Å². The lowest BCUT2D eigenvalue weighted by atomic mass is 10.1. The molecule has 1 amide bonds. The van der Waals surface area contributed by atoms with Gasteiger partial charge in [-0.15, -0.1) is 7.05 Å². The molecule has 0 aliphatic rings. The molecule has 0 aliphatic carbocycles. The molecule has 0 unspecified atom stereocenters. The minimum atomic E-state index is -1.11. The van der Waals surface area contributed by atoms with Gasteiger partial charge < -0.3 is 5.32 Å². The maximum atomic E-state index is 13.1. The van der Waals surface area contributed by atoms with Crippen LogP contribution < -0.4 is 5.32 Å². The quantitative estimate of drug-likeness (QED) is 0.644. The van der Waals surface area contributed by atoms with Gasteiger partial charge in [-0.3, -0.25) is 0 Å². The smallest absolute Gasteiger partial charge is 0.319 e. The average Bonchev–Trinajstić information content (AvgIpc) is 2.13. The van der Waals surface area contributed by atoms with Gasteiger partial charge in [0.2, 0.25) is 0 Å². The highest BCUT2D eigenvalue weighted by molar-refractivity contribution is 5.86. The van der Waals surface area contributed by atoms with Crippen molar-refractivity contribution >= 4 is 5.91 Å². The van der Waals surface area contributed by atoms with Crippen LogP contribution in [0.5, 0.6) is 0 Å². The van der Waals surface area contributed by atoms with Gasteiger partial charge in [-0.2, -0.15) is 0 Å². The molecule has 0 saturated carbocycles. The summed E-state index contributed by atoms with van der Waals surface area (Å²) in [6.45, 7) is 1.43. The molecule has 2 nitrogen and oxygen atoms in total. The van der Waals surface area contributed by atoms with Crippen LogP contribution in [0.25, 0.3) is 0 Å². The number of carbonyl (C=O) groups excluding carboxylic acids is 1. The van der Waals surface area contributed by atoms with Gasteiger partial charge in [0.15, 0.2) is 11.6 Å². The van der Waals surface area contributed by atoms with Gasteiger partial charge in [0.05, 0.1) is 0 Å². The molecule has 0 heterocycles. The lowest BCUT2D eigenvalue weighted by Gasteiger charge is -2.03. The first-order chi connectivity index (χ1) is 6.07. The topological polar surface area (TPSA) is 33.7 Å². The van der Waals surface area contributed by atoms with E-state index >= 15 is 0 Å². The summed E-state index contributed by atoms with van der Waals surface area (Å²) in [5.41, 5.74) is -0.101. The second-order valence-electron chi connectivity index (χ2n) is 2.63. The Labute approximate surface area is 74.6 Å². The lowest BCUT2D eigenvalue weighted by Crippen LogP contribution is -2.81. The fraction of sp³-hybridized carbons (Fsp3) is 0.111. The van der Waals surface area contributed by atoms with Crippen LogP contribution in [-0.4, -0.2) is 5.91 Å². The molecule has 0 aromatic heterocycles. The van der Waals surface area contributed by atoms with Crippen molar-refractivity contribution in [3.05, 3.63) is 41.9 Å². The molecule has 13 heavy (non-hydrogen) atoms. The van der Waals surface area contributed by atoms with E-state index in [-0.39, 0.29) is 11.1 Å². The van der Waals surface area contributed by atoms with E-state index in [4.69, 9.17) is 0 Å². The molecule has 0 bridgehead atoms. The number of halogens is 2. The van der Waals surface area contributed by atoms with Gasteiger partial charge in [0.1, 0.15) is 5.56 Å². The summed E-state index contributed by atoms with van der Waals surface area (Å²) in [7, 11) is 3.19. The Kier molecular flexibility index (Phi) is 2.72. The van der Waals surface area contributed by atoms with Crippen LogP contribution in [-0.2, 0) is 0 Å². The first-order valence-corrected chi connectivity index (χ1v) is 3.69. The van der Waals surface area contributed by atoms with E-state index in [1.54, 1.807) is 0 Å². The Morgan fingerprint density at radius 2 is 2.00 bits per heavy atom. The summed E-state index contributed by atoms with van der Waals surface area (Å²) in [6.07, 6.45) is 0. The molecule has 0 spiro atoms. The van der Waals surface area contributed by atoms with Crippen molar-refractivity contribution in [2.75, 3.05) is 0 Å². The molecule has 4 heteroatoms. The van der Waals surface area contributed by atoms with Gasteiger partial charge in [-0.1, -0.05) is 6.07 Å². The largest absolute Gasteiger partial charge is 0.411 e. The third kappa shape index (κ3) is 1.72. The van der Waals surface area contributed by atoms with Gasteiger partial charge in [-0.25, -0.2) is 13.6 Å². The van der Waals surface area contributed by atoms with E-state index in [0.717, 1.165) is 5.32 Å². The Balaban J connectivity index is 3.26. The van der Waals surface area contributed by atoms with Crippen LogP contribution in [0.3, 0.4) is 0 Å². The molecule has 0 fully saturated rings. The molecule has 2 N–H and O–H groups in total. The molecule has 1 rings (SSSR count). The van der Waals surface area contributed by atoms with Crippen molar-refractivity contribution in [3.63, 3.8) is 0 Å². The first kappa shape index (κ1) is 9.80. The minimum Gasteiger partial charge on any atom is -0.411 e. The summed E-state index contributed by atoms with van der Waals surface area (Å²) >= 11 is 0. The molecule has 0 atom stereocenters. The molecule has 1 aromatic carbocycles. The molecule has 70 valence electrons. The fourth-order valence-electron chi connectivity index (χ4n) is 0.946. The zero-order chi connectivity index (χ0) is 10.0. The first-order valence-electron chi connectivity index (χ1n) is 3.69. The van der Waals surface area contributed by atoms with E-state index in [9.17, 15) is 13.6 Å². The highest BCUT2D eigenvalue weighted by atomic mass is 19.2. The number of carbonyl (C=O) groups is 1. The van der Waals surface area contributed by atoms with E-state index in [2.05, 4.69) is 7.05 Å². The van der Waals surface area contributed by atoms with Gasteiger partial charge in [0, 0.05) is 0 Å². The van der Waals surface area contributed by atoms with Crippen LogP contribution >= 0.6 is 0 Å². The summed E-state index contributed by atoms with van der Waals surface area (Å²) in [5, 5.41) is 0.952. The summed E-state index contributed by atoms with van der Waals surface area (Å²) < 4.78 is 26.0. The Bertz CT molecular complexity index is 350. The molecule has 0 aliphatic heterocycles. The third-order valence-electron chi connectivity index (χ3n) is 1.73. The number of aryl methyl sites for hydroxylation is 1. The van der Waals surface area contributed by atoms with Crippen LogP contribution in [0.1, 0.15) is 15.9 Å². The Morgan fingerprint density at radius 1 is 1.38 bits per heavy atom. The van der Waals surface area contributed by atoms with Gasteiger partial charge in [0.25, 0.3) is 0 Å². The number of benzene rings is 1. The van der Waals surface area contributed by atoms with Crippen LogP contribution in [0.15, 0.2) is 12.1 Å². The molecule has 1 aromatic rings. The molecule has 0 saturated heterocycles. The highest BCUT2D eigenvalue weighted by Crippen LogP contribution is 2.14. The van der Waals surface area contributed by atoms with Crippen molar-refractivity contribution in [2.24, 2.45) is 0 Å². The van der Waals surface area contributed by atoms with E-state index < -0.39 is 17.5 Å². The van der Waals surface area contributed by atoms with E-state index in [1.807, 2.05) is 0 Å². The monoisotopic (exact) mass is 185 g/mol. The number of rotatable bonds is 1. The second kappa shape index (κ2) is 3.62. The minimum absolute atomic E-state index is 0.179. The molecule has 0 radical (unpaired) electrons. The number of quaternary nitrogens is 1. The van der Waals surface area contributed by atoms with Crippen molar-refractivity contribution in [3.8, 4) is 0 Å². The van der Waals surface area contributed by atoms with Crippen molar-refractivity contribution in [2.45, 2.75) is 6.92 Å².